The maximum absolute atomic E-state index is 12.7. The first-order valence-corrected chi connectivity index (χ1v) is 11.8. The maximum Gasteiger partial charge on any atom is 0.573 e. The van der Waals surface area contributed by atoms with Crippen LogP contribution in [0.2, 0.25) is 10.0 Å². The third-order valence-electron chi connectivity index (χ3n) is 6.55. The van der Waals surface area contributed by atoms with Crippen molar-refractivity contribution in [1.82, 2.24) is 15.6 Å². The molecule has 3 aliphatic carbocycles. The van der Waals surface area contributed by atoms with E-state index in [-0.39, 0.29) is 18.7 Å². The fourth-order valence-electron chi connectivity index (χ4n) is 4.70. The van der Waals surface area contributed by atoms with Gasteiger partial charge in [-0.15, -0.1) is 13.2 Å². The molecule has 0 unspecified atom stereocenters. The number of nitrogens with zero attached hydrogens (tertiary/aromatic N) is 1. The molecule has 2 bridgehead atoms. The predicted molar refractivity (Wildman–Crippen MR) is 123 cm³/mol. The lowest BCUT2D eigenvalue weighted by Gasteiger charge is -2.56. The normalized spacial score (nSPS) is 25.2. The van der Waals surface area contributed by atoms with Crippen LogP contribution < -0.4 is 20.1 Å². The van der Waals surface area contributed by atoms with Crippen LogP contribution in [0.15, 0.2) is 36.5 Å². The van der Waals surface area contributed by atoms with Crippen LogP contribution in [0.4, 0.5) is 13.2 Å². The van der Waals surface area contributed by atoms with E-state index in [2.05, 4.69) is 20.4 Å². The molecule has 3 fully saturated rings. The van der Waals surface area contributed by atoms with Crippen LogP contribution in [0, 0.1) is 0 Å². The van der Waals surface area contributed by atoms with Crippen LogP contribution in [0.25, 0.3) is 0 Å². The second kappa shape index (κ2) is 9.95. The topological polar surface area (TPSA) is 110 Å². The average Bonchev–Trinajstić information content (AvgIpc) is 2.80. The monoisotopic (exact) mass is 547 g/mol. The van der Waals surface area contributed by atoms with Gasteiger partial charge in [0.05, 0.1) is 27.9 Å². The second-order valence-corrected chi connectivity index (χ2v) is 9.76. The van der Waals surface area contributed by atoms with E-state index in [0.717, 1.165) is 18.3 Å². The standard InChI is InChI=1S/C23H22Cl2F3N3O5/c24-15-3-1-13(9-16(15)25)35-12-19(33)30-22-7-5-21(6-8-22,10-18(22)32)31-20(34)17-4-2-14(11-29-17)36-23(26,27)28/h1-4,9,11,18,32H,5-8,10,12H2,(H,30,33)(H,31,34)/t18-,21?,22?/m0/s1. The third-order valence-corrected chi connectivity index (χ3v) is 7.29. The van der Waals surface area contributed by atoms with Crippen LogP contribution in [-0.4, -0.2) is 52.1 Å². The minimum Gasteiger partial charge on any atom is -0.484 e. The second-order valence-electron chi connectivity index (χ2n) is 8.95. The molecule has 1 heterocycles. The summed E-state index contributed by atoms with van der Waals surface area (Å²) in [6, 6.07) is 6.76. The van der Waals surface area contributed by atoms with Crippen molar-refractivity contribution in [2.24, 2.45) is 0 Å². The van der Waals surface area contributed by atoms with Gasteiger partial charge in [-0.05, 0) is 56.4 Å². The Morgan fingerprint density at radius 2 is 1.75 bits per heavy atom. The first-order valence-electron chi connectivity index (χ1n) is 11.0. The van der Waals surface area contributed by atoms with Crippen LogP contribution in [0.1, 0.15) is 42.6 Å². The molecule has 3 saturated carbocycles. The van der Waals surface area contributed by atoms with Gasteiger partial charge in [0.2, 0.25) is 0 Å². The number of rotatable bonds is 7. The van der Waals surface area contributed by atoms with Crippen molar-refractivity contribution in [3.05, 3.63) is 52.3 Å². The molecule has 2 aromatic rings. The van der Waals surface area contributed by atoms with Gasteiger partial charge in [-0.2, -0.15) is 0 Å². The van der Waals surface area contributed by atoms with E-state index < -0.39 is 41.1 Å². The van der Waals surface area contributed by atoms with Crippen molar-refractivity contribution < 1.29 is 37.3 Å². The van der Waals surface area contributed by atoms with Gasteiger partial charge < -0.3 is 25.2 Å². The molecule has 0 saturated heterocycles. The van der Waals surface area contributed by atoms with Crippen LogP contribution in [-0.2, 0) is 4.79 Å². The number of aliphatic hydroxyl groups is 1. The van der Waals surface area contributed by atoms with Gasteiger partial charge in [-0.1, -0.05) is 23.2 Å². The summed E-state index contributed by atoms with van der Waals surface area (Å²) < 4.78 is 46.2. The molecule has 0 radical (unpaired) electrons. The molecule has 3 aliphatic rings. The largest absolute Gasteiger partial charge is 0.573 e. The third kappa shape index (κ3) is 5.96. The average molecular weight is 548 g/mol. The summed E-state index contributed by atoms with van der Waals surface area (Å²) in [6.07, 6.45) is -2.97. The lowest BCUT2D eigenvalue weighted by Crippen LogP contribution is -2.70. The molecular formula is C23H22Cl2F3N3O5. The lowest BCUT2D eigenvalue weighted by atomic mass is 9.60. The number of alkyl halides is 3. The zero-order valence-corrected chi connectivity index (χ0v) is 20.2. The smallest absolute Gasteiger partial charge is 0.484 e. The van der Waals surface area contributed by atoms with E-state index in [1.807, 2.05) is 0 Å². The Kier molecular flexibility index (Phi) is 7.27. The number of carbonyl (C=O) groups excluding carboxylic acids is 2. The van der Waals surface area contributed by atoms with E-state index in [4.69, 9.17) is 27.9 Å². The van der Waals surface area contributed by atoms with E-state index in [1.165, 1.54) is 6.07 Å². The maximum atomic E-state index is 12.7. The molecule has 1 atom stereocenters. The lowest BCUT2D eigenvalue weighted by molar-refractivity contribution is -0.274. The Morgan fingerprint density at radius 3 is 2.33 bits per heavy atom. The Bertz CT molecular complexity index is 1140. The number of benzene rings is 1. The van der Waals surface area contributed by atoms with E-state index in [1.54, 1.807) is 12.1 Å². The van der Waals surface area contributed by atoms with Crippen molar-refractivity contribution in [3.63, 3.8) is 0 Å². The van der Waals surface area contributed by atoms with Crippen molar-refractivity contribution in [3.8, 4) is 11.5 Å². The first kappa shape index (κ1) is 26.3. The molecule has 36 heavy (non-hydrogen) atoms. The zero-order valence-electron chi connectivity index (χ0n) is 18.7. The number of halogens is 5. The summed E-state index contributed by atoms with van der Waals surface area (Å²) >= 11 is 11.8. The van der Waals surface area contributed by atoms with E-state index >= 15 is 0 Å². The number of ether oxygens (including phenoxy) is 2. The van der Waals surface area contributed by atoms with Gasteiger partial charge in [-0.3, -0.25) is 9.59 Å². The molecule has 5 rings (SSSR count). The number of pyridine rings is 1. The summed E-state index contributed by atoms with van der Waals surface area (Å²) in [5.74, 6) is -1.15. The highest BCUT2D eigenvalue weighted by Crippen LogP contribution is 2.47. The van der Waals surface area contributed by atoms with Crippen LogP contribution in [0.5, 0.6) is 11.5 Å². The molecule has 13 heteroatoms. The Balaban J connectivity index is 1.32. The number of hydrogen-bond donors (Lipinski definition) is 3. The summed E-state index contributed by atoms with van der Waals surface area (Å²) in [5, 5.41) is 17.3. The molecule has 8 nitrogen and oxygen atoms in total. The van der Waals surface area contributed by atoms with Gasteiger partial charge in [0, 0.05) is 11.6 Å². The Morgan fingerprint density at radius 1 is 1.06 bits per heavy atom. The van der Waals surface area contributed by atoms with Gasteiger partial charge in [0.25, 0.3) is 11.8 Å². The fourth-order valence-corrected chi connectivity index (χ4v) is 4.99. The van der Waals surface area contributed by atoms with Gasteiger partial charge in [0.15, 0.2) is 6.61 Å². The minimum absolute atomic E-state index is 0.0800. The van der Waals surface area contributed by atoms with Gasteiger partial charge >= 0.3 is 6.36 Å². The molecule has 2 amide bonds. The summed E-state index contributed by atoms with van der Waals surface area (Å²) in [6.45, 7) is -0.284. The molecular weight excluding hydrogens is 526 g/mol. The quantitative estimate of drug-likeness (QED) is 0.482. The number of nitrogens with one attached hydrogen (secondary N) is 2. The number of fused-ring (bicyclic) bond motifs is 3. The van der Waals surface area contributed by atoms with E-state index in [9.17, 15) is 27.9 Å². The predicted octanol–water partition coefficient (Wildman–Crippen LogP) is 4.03. The highest BCUT2D eigenvalue weighted by Gasteiger charge is 2.55. The minimum atomic E-state index is -4.86. The van der Waals surface area contributed by atoms with Crippen LogP contribution in [0.3, 0.4) is 0 Å². The molecule has 1 aromatic carbocycles. The number of aliphatic hydroxyl groups excluding tert-OH is 1. The molecule has 194 valence electrons. The highest BCUT2D eigenvalue weighted by molar-refractivity contribution is 6.42. The van der Waals surface area contributed by atoms with Gasteiger partial charge in [0.1, 0.15) is 17.2 Å². The Labute approximate surface area is 214 Å². The zero-order chi connectivity index (χ0) is 26.1. The summed E-state index contributed by atoms with van der Waals surface area (Å²) in [4.78, 5) is 29.0. The van der Waals surface area contributed by atoms with Crippen molar-refractivity contribution in [2.45, 2.75) is 55.6 Å². The number of hydrogen-bond acceptors (Lipinski definition) is 6. The molecule has 1 aromatic heterocycles. The van der Waals surface area contributed by atoms with Crippen LogP contribution >= 0.6 is 23.2 Å². The summed E-state index contributed by atoms with van der Waals surface area (Å²) in [7, 11) is 0. The fraction of sp³-hybridized carbons (Fsp3) is 0.435. The summed E-state index contributed by atoms with van der Waals surface area (Å²) in [5.41, 5.74) is -1.65. The highest BCUT2D eigenvalue weighted by atomic mass is 35.5. The first-order chi connectivity index (χ1) is 16.9. The van der Waals surface area contributed by atoms with E-state index in [0.29, 0.717) is 41.5 Å². The SMILES string of the molecule is O=C(COc1ccc(Cl)c(Cl)c1)NC12CCC(NC(=O)c3ccc(OC(F)(F)F)cn3)(CC1)C[C@@H]2O. The van der Waals surface area contributed by atoms with Gasteiger partial charge in [-0.25, -0.2) is 4.98 Å². The number of carbonyl (C=O) groups is 2. The molecule has 0 spiro atoms. The molecule has 3 N–H and O–H groups in total. The number of aromatic nitrogens is 1. The molecule has 0 aliphatic heterocycles. The van der Waals surface area contributed by atoms with Crippen molar-refractivity contribution >= 4 is 35.0 Å². The van der Waals surface area contributed by atoms with Crippen molar-refractivity contribution in [1.29, 1.82) is 0 Å². The number of amides is 2. The van der Waals surface area contributed by atoms with Crippen molar-refractivity contribution in [2.75, 3.05) is 6.61 Å². The Hall–Kier alpha value is -2.76.